The summed E-state index contributed by atoms with van der Waals surface area (Å²) in [6.07, 6.45) is 0. The predicted octanol–water partition coefficient (Wildman–Crippen LogP) is 4.26. The third-order valence-electron chi connectivity index (χ3n) is 5.01. The van der Waals surface area contributed by atoms with Crippen molar-refractivity contribution in [2.24, 2.45) is 0 Å². The number of nitrogens with one attached hydrogen (secondary N) is 1. The third kappa shape index (κ3) is 3.44. The van der Waals surface area contributed by atoms with Crippen molar-refractivity contribution in [2.45, 2.75) is 11.8 Å². The number of fused-ring (bicyclic) bond motifs is 2. The first-order valence-corrected chi connectivity index (χ1v) is 12.0. The van der Waals surface area contributed by atoms with Gasteiger partial charge in [-0.25, -0.2) is 8.42 Å². The lowest BCUT2D eigenvalue weighted by Crippen LogP contribution is -2.26. The van der Waals surface area contributed by atoms with Crippen LogP contribution in [0.1, 0.15) is 37.4 Å². The van der Waals surface area contributed by atoms with Gasteiger partial charge in [0.05, 0.1) is 38.6 Å². The van der Waals surface area contributed by atoms with Gasteiger partial charge in [0.1, 0.15) is 0 Å². The lowest BCUT2D eigenvalue weighted by Gasteiger charge is -2.24. The molecule has 10 heteroatoms. The second kappa shape index (κ2) is 7.47. The molecule has 158 valence electrons. The van der Waals surface area contributed by atoms with Gasteiger partial charge in [0.25, 0.3) is 10.0 Å². The second-order valence-electron chi connectivity index (χ2n) is 7.03. The zero-order valence-corrected chi connectivity index (χ0v) is 20.0. The van der Waals surface area contributed by atoms with E-state index in [1.807, 2.05) is 6.92 Å². The van der Waals surface area contributed by atoms with E-state index < -0.39 is 21.6 Å². The molecule has 7 nitrogen and oxygen atoms in total. The van der Waals surface area contributed by atoms with Crippen LogP contribution in [0.4, 0.5) is 17.1 Å². The van der Waals surface area contributed by atoms with E-state index in [9.17, 15) is 18.0 Å². The summed E-state index contributed by atoms with van der Waals surface area (Å²) in [6, 6.07) is 10.6. The zero-order valence-electron chi connectivity index (χ0n) is 16.0. The summed E-state index contributed by atoms with van der Waals surface area (Å²) in [6.45, 7) is 1.83. The molecule has 4 rings (SSSR count). The number of halogens is 2. The molecule has 1 aliphatic carbocycles. The molecular formula is C21H15Br2N3O4S. The van der Waals surface area contributed by atoms with Gasteiger partial charge in [0, 0.05) is 14.5 Å². The Labute approximate surface area is 195 Å². The van der Waals surface area contributed by atoms with Gasteiger partial charge >= 0.3 is 0 Å². The lowest BCUT2D eigenvalue weighted by molar-refractivity contribution is 0.0981. The highest BCUT2D eigenvalue weighted by molar-refractivity contribution is 9.11. The number of benzene rings is 3. The molecule has 0 saturated carbocycles. The summed E-state index contributed by atoms with van der Waals surface area (Å²) in [5, 5.41) is 0. The van der Waals surface area contributed by atoms with Crippen LogP contribution >= 0.6 is 31.9 Å². The number of hydrogen-bond donors (Lipinski definition) is 3. The van der Waals surface area contributed by atoms with E-state index in [-0.39, 0.29) is 48.7 Å². The Morgan fingerprint density at radius 2 is 1.42 bits per heavy atom. The summed E-state index contributed by atoms with van der Waals surface area (Å²) >= 11 is 6.52. The van der Waals surface area contributed by atoms with Gasteiger partial charge in [-0.3, -0.25) is 14.3 Å². The molecular weight excluding hydrogens is 550 g/mol. The highest BCUT2D eigenvalue weighted by atomic mass is 79.9. The number of nitrogen functional groups attached to an aromatic ring is 2. The van der Waals surface area contributed by atoms with Gasteiger partial charge in [0.2, 0.25) is 0 Å². The van der Waals surface area contributed by atoms with Crippen molar-refractivity contribution in [1.82, 2.24) is 0 Å². The van der Waals surface area contributed by atoms with E-state index in [1.165, 1.54) is 24.3 Å². The molecule has 31 heavy (non-hydrogen) atoms. The maximum Gasteiger partial charge on any atom is 0.261 e. The molecule has 0 atom stereocenters. The van der Waals surface area contributed by atoms with Crippen LogP contribution in [-0.2, 0) is 10.0 Å². The Balaban J connectivity index is 1.94. The van der Waals surface area contributed by atoms with Gasteiger partial charge in [-0.2, -0.15) is 0 Å². The molecule has 0 aromatic heterocycles. The minimum Gasteiger partial charge on any atom is -0.397 e. The van der Waals surface area contributed by atoms with Crippen molar-refractivity contribution < 1.29 is 18.0 Å². The van der Waals surface area contributed by atoms with Gasteiger partial charge < -0.3 is 11.5 Å². The van der Waals surface area contributed by atoms with E-state index in [1.54, 1.807) is 18.2 Å². The summed E-state index contributed by atoms with van der Waals surface area (Å²) < 4.78 is 29.1. The molecule has 3 aromatic carbocycles. The van der Waals surface area contributed by atoms with E-state index in [2.05, 4.69) is 36.6 Å². The number of carbonyl (C=O) groups is 2. The van der Waals surface area contributed by atoms with Gasteiger partial charge in [-0.1, -0.05) is 17.7 Å². The number of sulfonamides is 1. The maximum absolute atomic E-state index is 13.4. The van der Waals surface area contributed by atoms with Crippen LogP contribution in [0.25, 0.3) is 0 Å². The third-order valence-corrected chi connectivity index (χ3v) is 7.74. The van der Waals surface area contributed by atoms with Crippen molar-refractivity contribution in [2.75, 3.05) is 16.2 Å². The van der Waals surface area contributed by atoms with Crippen molar-refractivity contribution in [3.8, 4) is 0 Å². The van der Waals surface area contributed by atoms with Crippen molar-refractivity contribution in [1.29, 1.82) is 0 Å². The van der Waals surface area contributed by atoms with Crippen LogP contribution in [0, 0.1) is 6.92 Å². The first-order chi connectivity index (χ1) is 14.5. The van der Waals surface area contributed by atoms with Crippen LogP contribution in [-0.4, -0.2) is 20.0 Å². The molecule has 0 saturated heterocycles. The summed E-state index contributed by atoms with van der Waals surface area (Å²) in [5.41, 5.74) is 13.0. The molecule has 0 fully saturated rings. The standard InChI is InChI=1S/C21H15Br2N3O4S/c1-9-2-4-10(5-3-9)31(29,30)26-14-8-13(23)19(25)17-16(14)21(28)15-11(20(17)27)6-7-12(22)18(15)24/h2-8,26H,24-25H2,1H3. The highest BCUT2D eigenvalue weighted by Crippen LogP contribution is 2.42. The monoisotopic (exact) mass is 563 g/mol. The van der Waals surface area contributed by atoms with Crippen LogP contribution in [0.3, 0.4) is 0 Å². The Bertz CT molecular complexity index is 1400. The molecule has 0 amide bonds. The summed E-state index contributed by atoms with van der Waals surface area (Å²) in [5.74, 6) is -1.11. The Morgan fingerprint density at radius 3 is 2.06 bits per heavy atom. The number of anilines is 3. The van der Waals surface area contributed by atoms with Gasteiger partial charge in [-0.05, 0) is 69.1 Å². The smallest absolute Gasteiger partial charge is 0.261 e. The molecule has 3 aromatic rings. The summed E-state index contributed by atoms with van der Waals surface area (Å²) in [7, 11) is -4.05. The first kappa shape index (κ1) is 21.5. The second-order valence-corrected chi connectivity index (χ2v) is 10.4. The minimum atomic E-state index is -4.05. The van der Waals surface area contributed by atoms with E-state index in [4.69, 9.17) is 11.5 Å². The fraction of sp³-hybridized carbons (Fsp3) is 0.0476. The normalized spacial score (nSPS) is 13.0. The SMILES string of the molecule is Cc1ccc(S(=O)(=O)Nc2cc(Br)c(N)c3c2C(=O)c2c(ccc(Br)c2N)C3=O)cc1. The number of aryl methyl sites for hydroxylation is 1. The largest absolute Gasteiger partial charge is 0.397 e. The molecule has 5 N–H and O–H groups in total. The van der Waals surface area contributed by atoms with Gasteiger partial charge in [-0.15, -0.1) is 0 Å². The average Bonchev–Trinajstić information content (AvgIpc) is 2.70. The average molecular weight is 565 g/mol. The van der Waals surface area contributed by atoms with Crippen LogP contribution < -0.4 is 16.2 Å². The fourth-order valence-corrected chi connectivity index (χ4v) is 5.25. The van der Waals surface area contributed by atoms with E-state index in [0.29, 0.717) is 4.47 Å². The predicted molar refractivity (Wildman–Crippen MR) is 126 cm³/mol. The van der Waals surface area contributed by atoms with Crippen molar-refractivity contribution in [3.63, 3.8) is 0 Å². The molecule has 0 spiro atoms. The number of carbonyl (C=O) groups excluding carboxylic acids is 2. The number of hydrogen-bond acceptors (Lipinski definition) is 6. The van der Waals surface area contributed by atoms with Crippen molar-refractivity contribution >= 4 is 70.5 Å². The Kier molecular flexibility index (Phi) is 5.19. The number of ketones is 2. The van der Waals surface area contributed by atoms with Crippen LogP contribution in [0.15, 0.2) is 56.3 Å². The highest BCUT2D eigenvalue weighted by Gasteiger charge is 2.37. The minimum absolute atomic E-state index is 0.00406. The van der Waals surface area contributed by atoms with E-state index >= 15 is 0 Å². The lowest BCUT2D eigenvalue weighted by atomic mass is 9.81. The topological polar surface area (TPSA) is 132 Å². The summed E-state index contributed by atoms with van der Waals surface area (Å²) in [4.78, 5) is 26.6. The Morgan fingerprint density at radius 1 is 0.806 bits per heavy atom. The molecule has 0 unspecified atom stereocenters. The van der Waals surface area contributed by atoms with Crippen LogP contribution in [0.5, 0.6) is 0 Å². The van der Waals surface area contributed by atoms with Gasteiger partial charge in [0.15, 0.2) is 11.6 Å². The number of rotatable bonds is 3. The number of nitrogens with two attached hydrogens (primary N) is 2. The molecule has 0 aliphatic heterocycles. The Hall–Kier alpha value is -2.69. The van der Waals surface area contributed by atoms with E-state index in [0.717, 1.165) is 5.56 Å². The first-order valence-electron chi connectivity index (χ1n) is 8.91. The van der Waals surface area contributed by atoms with Crippen molar-refractivity contribution in [3.05, 3.63) is 79.2 Å². The quantitative estimate of drug-likeness (QED) is 0.318. The maximum atomic E-state index is 13.4. The fourth-order valence-electron chi connectivity index (χ4n) is 3.43. The molecule has 1 aliphatic rings. The van der Waals surface area contributed by atoms with Crippen LogP contribution in [0.2, 0.25) is 0 Å². The molecule has 0 bridgehead atoms. The molecule has 0 radical (unpaired) electrons. The zero-order chi connectivity index (χ0) is 22.7. The molecule has 0 heterocycles.